The number of rotatable bonds is 7. The molecule has 0 amide bonds. The van der Waals surface area contributed by atoms with Crippen molar-refractivity contribution in [3.63, 3.8) is 0 Å². The van der Waals surface area contributed by atoms with E-state index in [1.807, 2.05) is 13.2 Å². The van der Waals surface area contributed by atoms with Crippen molar-refractivity contribution in [2.75, 3.05) is 18.6 Å². The maximum absolute atomic E-state index is 10.4. The molecule has 118 valence electrons. The number of nitrogens with one attached hydrogen (secondary N) is 1. The molecule has 2 unspecified atom stereocenters. The van der Waals surface area contributed by atoms with Gasteiger partial charge in [0.05, 0.1) is 5.60 Å². The molecule has 0 aromatic heterocycles. The van der Waals surface area contributed by atoms with Crippen molar-refractivity contribution in [1.82, 2.24) is 5.32 Å². The Labute approximate surface area is 133 Å². The van der Waals surface area contributed by atoms with Gasteiger partial charge in [-0.25, -0.2) is 0 Å². The van der Waals surface area contributed by atoms with E-state index in [0.29, 0.717) is 18.5 Å². The van der Waals surface area contributed by atoms with Crippen molar-refractivity contribution < 1.29 is 5.11 Å². The van der Waals surface area contributed by atoms with E-state index in [2.05, 4.69) is 35.6 Å². The topological polar surface area (TPSA) is 32.3 Å². The van der Waals surface area contributed by atoms with E-state index >= 15 is 0 Å². The fraction of sp³-hybridized carbons (Fsp3) is 0.667. The van der Waals surface area contributed by atoms with Crippen LogP contribution in [0.15, 0.2) is 30.3 Å². The van der Waals surface area contributed by atoms with Gasteiger partial charge in [-0.05, 0) is 37.5 Å². The highest BCUT2D eigenvalue weighted by Crippen LogP contribution is 2.34. The molecule has 0 spiro atoms. The first-order chi connectivity index (χ1) is 10.1. The number of aliphatic hydroxyl groups is 1. The second kappa shape index (κ2) is 8.21. The summed E-state index contributed by atoms with van der Waals surface area (Å²) in [5.41, 5.74) is 0.727. The first-order valence-corrected chi connectivity index (χ1v) is 9.51. The van der Waals surface area contributed by atoms with Gasteiger partial charge in [0, 0.05) is 18.3 Å². The number of thioether (sulfide) groups is 1. The summed E-state index contributed by atoms with van der Waals surface area (Å²) in [6, 6.07) is 11.1. The van der Waals surface area contributed by atoms with Crippen molar-refractivity contribution in [3.8, 4) is 0 Å². The Balaban J connectivity index is 2.05. The van der Waals surface area contributed by atoms with Crippen LogP contribution in [-0.4, -0.2) is 29.3 Å². The van der Waals surface area contributed by atoms with E-state index in [1.165, 1.54) is 37.7 Å². The van der Waals surface area contributed by atoms with E-state index < -0.39 is 5.60 Å². The first kappa shape index (κ1) is 16.9. The molecular formula is C18H29NOS. The molecule has 1 fully saturated rings. The molecule has 1 saturated carbocycles. The molecule has 0 radical (unpaired) electrons. The number of benzene rings is 1. The van der Waals surface area contributed by atoms with Crippen molar-refractivity contribution in [2.24, 2.45) is 5.92 Å². The Morgan fingerprint density at radius 1 is 1.24 bits per heavy atom. The van der Waals surface area contributed by atoms with Gasteiger partial charge in [-0.2, -0.15) is 11.8 Å². The minimum atomic E-state index is -0.638. The normalized spacial score (nSPS) is 20.9. The third-order valence-electron chi connectivity index (χ3n) is 4.44. The van der Waals surface area contributed by atoms with Crippen LogP contribution in [0, 0.1) is 5.92 Å². The van der Waals surface area contributed by atoms with Crippen LogP contribution < -0.4 is 5.32 Å². The van der Waals surface area contributed by atoms with Gasteiger partial charge in [-0.3, -0.25) is 0 Å². The van der Waals surface area contributed by atoms with Crippen LogP contribution in [-0.2, 0) is 0 Å². The molecule has 3 heteroatoms. The predicted octanol–water partition coefficient (Wildman–Crippen LogP) is 4.01. The van der Waals surface area contributed by atoms with E-state index in [9.17, 15) is 5.11 Å². The van der Waals surface area contributed by atoms with E-state index in [4.69, 9.17) is 0 Å². The number of hydrogen-bond donors (Lipinski definition) is 2. The molecule has 2 nitrogen and oxygen atoms in total. The average Bonchev–Trinajstić information content (AvgIpc) is 2.49. The monoisotopic (exact) mass is 307 g/mol. The Bertz CT molecular complexity index is 401. The zero-order valence-electron chi connectivity index (χ0n) is 13.3. The van der Waals surface area contributed by atoms with Gasteiger partial charge < -0.3 is 10.4 Å². The third-order valence-corrected chi connectivity index (χ3v) is 5.35. The summed E-state index contributed by atoms with van der Waals surface area (Å²) >= 11 is 1.70. The molecule has 21 heavy (non-hydrogen) atoms. The highest BCUT2D eigenvalue weighted by molar-refractivity contribution is 7.98. The Morgan fingerprint density at radius 2 is 1.90 bits per heavy atom. The molecule has 2 atom stereocenters. The van der Waals surface area contributed by atoms with Crippen molar-refractivity contribution in [3.05, 3.63) is 35.9 Å². The fourth-order valence-corrected chi connectivity index (χ4v) is 4.10. The van der Waals surface area contributed by atoms with Crippen molar-refractivity contribution >= 4 is 11.8 Å². The van der Waals surface area contributed by atoms with Crippen LogP contribution in [0.4, 0.5) is 0 Å². The lowest BCUT2D eigenvalue weighted by Crippen LogP contribution is -2.43. The lowest BCUT2D eigenvalue weighted by molar-refractivity contribution is 0.0766. The maximum Gasteiger partial charge on any atom is 0.0833 e. The van der Waals surface area contributed by atoms with Crippen LogP contribution in [0.25, 0.3) is 0 Å². The maximum atomic E-state index is 10.4. The molecule has 0 heterocycles. The highest BCUT2D eigenvalue weighted by Gasteiger charge is 2.27. The predicted molar refractivity (Wildman–Crippen MR) is 92.8 cm³/mol. The Morgan fingerprint density at radius 3 is 2.52 bits per heavy atom. The largest absolute Gasteiger partial charge is 0.388 e. The molecule has 1 aromatic rings. The first-order valence-electron chi connectivity index (χ1n) is 8.12. The fourth-order valence-electron chi connectivity index (χ4n) is 3.38. The lowest BCUT2D eigenvalue weighted by Gasteiger charge is -2.34. The van der Waals surface area contributed by atoms with Crippen LogP contribution in [0.2, 0.25) is 0 Å². The van der Waals surface area contributed by atoms with Crippen LogP contribution in [0.5, 0.6) is 0 Å². The SMILES string of the molecule is CSCC(C)(O)CNC(c1ccccc1)C1CCCCC1. The Hall–Kier alpha value is -0.510. The molecule has 0 saturated heterocycles. The van der Waals surface area contributed by atoms with Gasteiger partial charge in [-0.15, -0.1) is 0 Å². The summed E-state index contributed by atoms with van der Waals surface area (Å²) in [5, 5.41) is 14.1. The molecule has 1 aliphatic rings. The van der Waals surface area contributed by atoms with Crippen molar-refractivity contribution in [2.45, 2.75) is 50.7 Å². The number of hydrogen-bond acceptors (Lipinski definition) is 3. The minimum Gasteiger partial charge on any atom is -0.388 e. The van der Waals surface area contributed by atoms with Crippen LogP contribution in [0.3, 0.4) is 0 Å². The third kappa shape index (κ3) is 5.32. The van der Waals surface area contributed by atoms with E-state index in [1.54, 1.807) is 11.8 Å². The Kier molecular flexibility index (Phi) is 6.59. The molecule has 0 bridgehead atoms. The molecule has 1 aromatic carbocycles. The molecular weight excluding hydrogens is 278 g/mol. The lowest BCUT2D eigenvalue weighted by atomic mass is 9.81. The van der Waals surface area contributed by atoms with Crippen LogP contribution in [0.1, 0.15) is 50.6 Å². The standard InChI is InChI=1S/C18H29NOS/c1-18(20,14-21-2)13-19-17(15-9-5-3-6-10-15)16-11-7-4-8-12-16/h3,5-6,9-10,16-17,19-20H,4,7-8,11-14H2,1-2H3. The van der Waals surface area contributed by atoms with E-state index in [0.717, 1.165) is 5.75 Å². The molecule has 2 N–H and O–H groups in total. The van der Waals surface area contributed by atoms with Gasteiger partial charge in [-0.1, -0.05) is 49.6 Å². The zero-order valence-corrected chi connectivity index (χ0v) is 14.2. The quantitative estimate of drug-likeness (QED) is 0.798. The summed E-state index contributed by atoms with van der Waals surface area (Å²) < 4.78 is 0. The second-order valence-electron chi connectivity index (χ2n) is 6.60. The zero-order chi connectivity index (χ0) is 15.1. The summed E-state index contributed by atoms with van der Waals surface area (Å²) in [7, 11) is 0. The van der Waals surface area contributed by atoms with Gasteiger partial charge in [0.15, 0.2) is 0 Å². The van der Waals surface area contributed by atoms with Gasteiger partial charge >= 0.3 is 0 Å². The van der Waals surface area contributed by atoms with Gasteiger partial charge in [0.25, 0.3) is 0 Å². The van der Waals surface area contributed by atoms with Crippen LogP contribution >= 0.6 is 11.8 Å². The summed E-state index contributed by atoms with van der Waals surface area (Å²) in [5.74, 6) is 1.47. The molecule has 2 rings (SSSR count). The minimum absolute atomic E-state index is 0.375. The van der Waals surface area contributed by atoms with E-state index in [-0.39, 0.29) is 0 Å². The molecule has 0 aliphatic heterocycles. The van der Waals surface area contributed by atoms with Crippen molar-refractivity contribution in [1.29, 1.82) is 0 Å². The highest BCUT2D eigenvalue weighted by atomic mass is 32.2. The smallest absolute Gasteiger partial charge is 0.0833 e. The van der Waals surface area contributed by atoms with Gasteiger partial charge in [0.2, 0.25) is 0 Å². The molecule has 1 aliphatic carbocycles. The van der Waals surface area contributed by atoms with Gasteiger partial charge in [0.1, 0.15) is 0 Å². The summed E-state index contributed by atoms with van der Waals surface area (Å²) in [6.07, 6.45) is 8.72. The summed E-state index contributed by atoms with van der Waals surface area (Å²) in [4.78, 5) is 0. The second-order valence-corrected chi connectivity index (χ2v) is 7.46. The average molecular weight is 308 g/mol. The summed E-state index contributed by atoms with van der Waals surface area (Å²) in [6.45, 7) is 2.59.